The summed E-state index contributed by atoms with van der Waals surface area (Å²) in [7, 11) is 0. The monoisotopic (exact) mass is 378 g/mol. The molecule has 0 amide bonds. The fourth-order valence-electron chi connectivity index (χ4n) is 2.13. The molecule has 3 N–H and O–H groups in total. The van der Waals surface area contributed by atoms with Crippen LogP contribution in [0.15, 0.2) is 28.1 Å². The summed E-state index contributed by atoms with van der Waals surface area (Å²) in [5, 5.41) is 0. The van der Waals surface area contributed by atoms with Crippen LogP contribution in [0.5, 0.6) is 0 Å². The van der Waals surface area contributed by atoms with E-state index in [1.807, 2.05) is 13.0 Å². The molecule has 7 heteroatoms. The highest BCUT2D eigenvalue weighted by Gasteiger charge is 2.31. The molecule has 0 aliphatic heterocycles. The molecule has 114 valence electrons. The van der Waals surface area contributed by atoms with Crippen LogP contribution in [0.2, 0.25) is 0 Å². The van der Waals surface area contributed by atoms with E-state index in [0.29, 0.717) is 5.56 Å². The Morgan fingerprint density at radius 1 is 1.19 bits per heavy atom. The Hall–Kier alpha value is -0.890. The number of nitrogens with one attached hydrogen (secondary N) is 1. The van der Waals surface area contributed by atoms with Crippen LogP contribution in [0.1, 0.15) is 33.2 Å². The zero-order valence-electron chi connectivity index (χ0n) is 11.4. The van der Waals surface area contributed by atoms with Gasteiger partial charge in [0.15, 0.2) is 0 Å². The van der Waals surface area contributed by atoms with Crippen molar-refractivity contribution in [3.8, 4) is 0 Å². The minimum Gasteiger partial charge on any atom is -0.271 e. The maximum Gasteiger partial charge on any atom is 0.416 e. The Kier molecular flexibility index (Phi) is 4.77. The van der Waals surface area contributed by atoms with Crippen molar-refractivity contribution >= 4 is 27.3 Å². The first-order valence-corrected chi connectivity index (χ1v) is 7.74. The number of hydrazine groups is 1. The lowest BCUT2D eigenvalue weighted by Gasteiger charge is -2.18. The highest BCUT2D eigenvalue weighted by atomic mass is 79.9. The Labute approximate surface area is 133 Å². The van der Waals surface area contributed by atoms with Crippen LogP contribution in [0.4, 0.5) is 13.2 Å². The van der Waals surface area contributed by atoms with Gasteiger partial charge in [0, 0.05) is 4.88 Å². The predicted octanol–water partition coefficient (Wildman–Crippen LogP) is 4.70. The molecule has 0 saturated carbocycles. The van der Waals surface area contributed by atoms with Gasteiger partial charge in [0.1, 0.15) is 0 Å². The van der Waals surface area contributed by atoms with Crippen LogP contribution >= 0.6 is 27.3 Å². The van der Waals surface area contributed by atoms with Crippen molar-refractivity contribution in [2.75, 3.05) is 0 Å². The summed E-state index contributed by atoms with van der Waals surface area (Å²) < 4.78 is 39.1. The number of hydrogen-bond donors (Lipinski definition) is 2. The van der Waals surface area contributed by atoms with Gasteiger partial charge in [-0.1, -0.05) is 6.07 Å². The summed E-state index contributed by atoms with van der Waals surface area (Å²) in [6, 6.07) is 5.35. The molecule has 2 aromatic rings. The molecular weight excluding hydrogens is 365 g/mol. The van der Waals surface area contributed by atoms with Crippen LogP contribution in [0.3, 0.4) is 0 Å². The molecule has 0 fully saturated rings. The summed E-state index contributed by atoms with van der Waals surface area (Å²) in [6.07, 6.45) is -4.34. The van der Waals surface area contributed by atoms with Crippen molar-refractivity contribution < 1.29 is 13.2 Å². The lowest BCUT2D eigenvalue weighted by molar-refractivity contribution is -0.137. The van der Waals surface area contributed by atoms with Crippen molar-refractivity contribution in [1.29, 1.82) is 0 Å². The number of nitrogens with two attached hydrogens (primary N) is 1. The quantitative estimate of drug-likeness (QED) is 0.599. The molecule has 1 atom stereocenters. The summed E-state index contributed by atoms with van der Waals surface area (Å²) >= 11 is 4.96. The number of thiophene rings is 1. The average molecular weight is 379 g/mol. The Morgan fingerprint density at radius 3 is 2.29 bits per heavy atom. The first kappa shape index (κ1) is 16.5. The van der Waals surface area contributed by atoms with Crippen molar-refractivity contribution in [2.24, 2.45) is 5.84 Å². The minimum absolute atomic E-state index is 0.331. The molecule has 0 bridgehead atoms. The van der Waals surface area contributed by atoms with Crippen LogP contribution in [0.25, 0.3) is 0 Å². The normalized spacial score (nSPS) is 13.5. The van der Waals surface area contributed by atoms with Gasteiger partial charge in [0.2, 0.25) is 0 Å². The lowest BCUT2D eigenvalue weighted by Crippen LogP contribution is -2.28. The molecule has 0 aliphatic carbocycles. The zero-order valence-corrected chi connectivity index (χ0v) is 13.8. The molecule has 2 nitrogen and oxygen atoms in total. The Bertz CT molecular complexity index is 633. The number of hydrogen-bond acceptors (Lipinski definition) is 3. The molecule has 1 aromatic heterocycles. The van der Waals surface area contributed by atoms with Gasteiger partial charge in [-0.05, 0) is 64.7 Å². The molecule has 0 spiro atoms. The van der Waals surface area contributed by atoms with Gasteiger partial charge in [0.25, 0.3) is 0 Å². The van der Waals surface area contributed by atoms with Crippen LogP contribution < -0.4 is 11.3 Å². The third-order valence-corrected chi connectivity index (χ3v) is 5.44. The van der Waals surface area contributed by atoms with Gasteiger partial charge in [-0.2, -0.15) is 13.2 Å². The van der Waals surface area contributed by atoms with Crippen molar-refractivity contribution in [1.82, 2.24) is 5.43 Å². The van der Waals surface area contributed by atoms with Gasteiger partial charge in [-0.15, -0.1) is 11.3 Å². The second-order valence-corrected chi connectivity index (χ2v) is 7.18. The number of rotatable bonds is 3. The van der Waals surface area contributed by atoms with E-state index in [1.54, 1.807) is 6.92 Å². The fourth-order valence-corrected chi connectivity index (χ4v) is 3.78. The van der Waals surface area contributed by atoms with Crippen molar-refractivity contribution in [3.63, 3.8) is 0 Å². The molecule has 2 rings (SSSR count). The van der Waals surface area contributed by atoms with Crippen LogP contribution in [-0.4, -0.2) is 0 Å². The van der Waals surface area contributed by atoms with Gasteiger partial charge >= 0.3 is 6.18 Å². The number of halogens is 4. The summed E-state index contributed by atoms with van der Waals surface area (Å²) in [5.74, 6) is 5.61. The molecule has 1 aromatic carbocycles. The Balaban J connectivity index is 2.43. The maximum atomic E-state index is 12.7. The Morgan fingerprint density at radius 2 is 1.86 bits per heavy atom. The summed E-state index contributed by atoms with van der Waals surface area (Å²) in [4.78, 5) is 0.949. The summed E-state index contributed by atoms with van der Waals surface area (Å²) in [5.41, 5.74) is 4.39. The van der Waals surface area contributed by atoms with E-state index in [2.05, 4.69) is 21.4 Å². The number of alkyl halides is 3. The van der Waals surface area contributed by atoms with Gasteiger partial charge < -0.3 is 0 Å². The van der Waals surface area contributed by atoms with Crippen LogP contribution in [-0.2, 0) is 6.18 Å². The zero-order chi connectivity index (χ0) is 15.8. The number of benzene rings is 1. The molecule has 1 unspecified atom stereocenters. The first-order valence-electron chi connectivity index (χ1n) is 6.13. The topological polar surface area (TPSA) is 38.0 Å². The lowest BCUT2D eigenvalue weighted by atomic mass is 9.98. The smallest absolute Gasteiger partial charge is 0.271 e. The molecule has 21 heavy (non-hydrogen) atoms. The minimum atomic E-state index is -4.34. The molecular formula is C14H14BrF3N2S. The van der Waals surface area contributed by atoms with Crippen LogP contribution in [0, 0.1) is 13.8 Å². The third kappa shape index (κ3) is 3.48. The second kappa shape index (κ2) is 6.08. The molecule has 0 radical (unpaired) electrons. The van der Waals surface area contributed by atoms with Crippen molar-refractivity contribution in [3.05, 3.63) is 55.2 Å². The van der Waals surface area contributed by atoms with E-state index in [1.165, 1.54) is 17.4 Å². The highest BCUT2D eigenvalue weighted by molar-refractivity contribution is 9.11. The highest BCUT2D eigenvalue weighted by Crippen LogP contribution is 2.37. The largest absolute Gasteiger partial charge is 0.416 e. The van der Waals surface area contributed by atoms with E-state index < -0.39 is 11.7 Å². The first-order chi connectivity index (χ1) is 9.74. The summed E-state index contributed by atoms with van der Waals surface area (Å²) in [6.45, 7) is 3.61. The maximum absolute atomic E-state index is 12.7. The fraction of sp³-hybridized carbons (Fsp3) is 0.286. The predicted molar refractivity (Wildman–Crippen MR) is 82.1 cm³/mol. The van der Waals surface area contributed by atoms with E-state index in [4.69, 9.17) is 5.84 Å². The van der Waals surface area contributed by atoms with E-state index in [0.717, 1.165) is 31.9 Å². The molecule has 1 heterocycles. The second-order valence-electron chi connectivity index (χ2n) is 4.77. The molecule has 0 aliphatic rings. The third-order valence-electron chi connectivity index (χ3n) is 3.24. The van der Waals surface area contributed by atoms with Gasteiger partial charge in [-0.3, -0.25) is 5.84 Å². The van der Waals surface area contributed by atoms with Crippen molar-refractivity contribution in [2.45, 2.75) is 26.1 Å². The van der Waals surface area contributed by atoms with Gasteiger partial charge in [-0.25, -0.2) is 5.43 Å². The van der Waals surface area contributed by atoms with E-state index in [9.17, 15) is 13.2 Å². The van der Waals surface area contributed by atoms with Gasteiger partial charge in [0.05, 0.1) is 15.4 Å². The average Bonchev–Trinajstić information content (AvgIpc) is 2.71. The van der Waals surface area contributed by atoms with E-state index in [-0.39, 0.29) is 6.04 Å². The standard InChI is InChI=1S/C14H14BrF3N2S/c1-7-5-9(14(16,17)18)3-4-10(7)12(20-19)11-6-8(2)13(15)21-11/h3-6,12,20H,19H2,1-2H3. The van der Waals surface area contributed by atoms with E-state index >= 15 is 0 Å². The number of aryl methyl sites for hydroxylation is 2. The molecule has 0 saturated heterocycles. The SMILES string of the molecule is Cc1cc(C(F)(F)F)ccc1C(NN)c1cc(C)c(Br)s1.